The molecular weight excluding hydrogens is 332 g/mol. The number of ether oxygens (including phenoxy) is 1. The van der Waals surface area contributed by atoms with E-state index in [1.54, 1.807) is 12.4 Å². The summed E-state index contributed by atoms with van der Waals surface area (Å²) in [6.07, 6.45) is 4.29. The Balaban J connectivity index is 1.40. The topological polar surface area (TPSA) is 98.0 Å². The molecule has 1 saturated carbocycles. The Labute approximate surface area is 144 Å². The average molecular weight is 351 g/mol. The van der Waals surface area contributed by atoms with Gasteiger partial charge in [0.05, 0.1) is 30.1 Å². The van der Waals surface area contributed by atoms with E-state index in [2.05, 4.69) is 30.0 Å². The van der Waals surface area contributed by atoms with Gasteiger partial charge in [-0.2, -0.15) is 0 Å². The summed E-state index contributed by atoms with van der Waals surface area (Å²) in [7, 11) is 0. The van der Waals surface area contributed by atoms with Crippen LogP contribution in [-0.4, -0.2) is 49.1 Å². The number of aliphatic hydroxyl groups is 1. The Morgan fingerprint density at radius 1 is 1.29 bits per heavy atom. The lowest BCUT2D eigenvalue weighted by molar-refractivity contribution is 0.0801. The van der Waals surface area contributed by atoms with Crippen LogP contribution in [0.25, 0.3) is 0 Å². The second-order valence-corrected chi connectivity index (χ2v) is 6.72. The molecular formula is C15H19ClN6O2. The quantitative estimate of drug-likeness (QED) is 0.855. The second-order valence-electron chi connectivity index (χ2n) is 6.28. The van der Waals surface area contributed by atoms with Crippen molar-refractivity contribution in [3.05, 3.63) is 29.1 Å². The van der Waals surface area contributed by atoms with Crippen molar-refractivity contribution >= 4 is 17.5 Å². The van der Waals surface area contributed by atoms with Crippen LogP contribution in [0.4, 0.5) is 5.95 Å². The Morgan fingerprint density at radius 2 is 2.12 bits per heavy atom. The van der Waals surface area contributed by atoms with E-state index in [1.165, 1.54) is 0 Å². The molecule has 2 aliphatic rings. The molecule has 1 fully saturated rings. The van der Waals surface area contributed by atoms with Crippen LogP contribution >= 0.6 is 11.6 Å². The molecule has 0 saturated heterocycles. The normalized spacial score (nSPS) is 26.3. The molecule has 2 N–H and O–H groups in total. The third-order valence-corrected chi connectivity index (χ3v) is 4.91. The monoisotopic (exact) mass is 350 g/mol. The van der Waals surface area contributed by atoms with Crippen LogP contribution in [0.3, 0.4) is 0 Å². The smallest absolute Gasteiger partial charge is 0.222 e. The molecule has 0 amide bonds. The van der Waals surface area contributed by atoms with E-state index < -0.39 is 0 Å². The van der Waals surface area contributed by atoms with Gasteiger partial charge in [-0.1, -0.05) is 11.6 Å². The first-order valence-electron chi connectivity index (χ1n) is 8.10. The first-order valence-corrected chi connectivity index (χ1v) is 8.47. The highest BCUT2D eigenvalue weighted by Gasteiger charge is 2.37. The van der Waals surface area contributed by atoms with Gasteiger partial charge in [-0.15, -0.1) is 10.2 Å². The van der Waals surface area contributed by atoms with Crippen molar-refractivity contribution in [1.29, 1.82) is 0 Å². The fraction of sp³-hybridized carbons (Fsp3) is 0.600. The molecule has 4 rings (SSSR count). The van der Waals surface area contributed by atoms with Gasteiger partial charge in [-0.05, 0) is 12.8 Å². The lowest BCUT2D eigenvalue weighted by atomic mass is 10.0. The second kappa shape index (κ2) is 6.62. The highest BCUT2D eigenvalue weighted by Crippen LogP contribution is 2.38. The van der Waals surface area contributed by atoms with E-state index in [4.69, 9.17) is 16.3 Å². The van der Waals surface area contributed by atoms with E-state index in [0.29, 0.717) is 37.2 Å². The summed E-state index contributed by atoms with van der Waals surface area (Å²) >= 11 is 5.78. The van der Waals surface area contributed by atoms with Crippen LogP contribution in [-0.2, 0) is 17.9 Å². The van der Waals surface area contributed by atoms with Crippen molar-refractivity contribution in [1.82, 2.24) is 24.7 Å². The molecule has 0 bridgehead atoms. The SMILES string of the molecule is O[C@@H]1C[C@@H](c2nnc3n2CCOC3)C[C@@H]1CNc1ncc(Cl)cn1. The van der Waals surface area contributed by atoms with Gasteiger partial charge in [-0.3, -0.25) is 0 Å². The number of hydrogen-bond acceptors (Lipinski definition) is 7. The fourth-order valence-corrected chi connectivity index (χ4v) is 3.58. The average Bonchev–Trinajstić information content (AvgIpc) is 3.18. The molecule has 0 radical (unpaired) electrons. The summed E-state index contributed by atoms with van der Waals surface area (Å²) in [4.78, 5) is 8.23. The zero-order valence-corrected chi connectivity index (χ0v) is 13.9. The van der Waals surface area contributed by atoms with Crippen LogP contribution in [0, 0.1) is 5.92 Å². The van der Waals surface area contributed by atoms with Crippen molar-refractivity contribution < 1.29 is 9.84 Å². The molecule has 8 nitrogen and oxygen atoms in total. The predicted molar refractivity (Wildman–Crippen MR) is 86.7 cm³/mol. The number of aromatic nitrogens is 5. The molecule has 1 aliphatic heterocycles. The van der Waals surface area contributed by atoms with Gasteiger partial charge < -0.3 is 19.7 Å². The first kappa shape index (κ1) is 15.7. The zero-order valence-electron chi connectivity index (χ0n) is 13.1. The Hall–Kier alpha value is -1.77. The molecule has 0 spiro atoms. The van der Waals surface area contributed by atoms with E-state index in [1.807, 2.05) is 0 Å². The van der Waals surface area contributed by atoms with Gasteiger partial charge in [0.15, 0.2) is 5.82 Å². The van der Waals surface area contributed by atoms with Crippen LogP contribution < -0.4 is 5.32 Å². The number of rotatable bonds is 4. The molecule has 9 heteroatoms. The molecule has 2 aromatic rings. The lowest BCUT2D eigenvalue weighted by Crippen LogP contribution is -2.22. The van der Waals surface area contributed by atoms with Crippen LogP contribution in [0.5, 0.6) is 0 Å². The summed E-state index contributed by atoms with van der Waals surface area (Å²) in [6.45, 7) is 2.60. The molecule has 24 heavy (non-hydrogen) atoms. The van der Waals surface area contributed by atoms with Gasteiger partial charge in [0.2, 0.25) is 5.95 Å². The van der Waals surface area contributed by atoms with Crippen molar-refractivity contribution in [2.45, 2.75) is 38.0 Å². The minimum absolute atomic E-state index is 0.127. The number of fused-ring (bicyclic) bond motifs is 1. The van der Waals surface area contributed by atoms with Gasteiger partial charge >= 0.3 is 0 Å². The highest BCUT2D eigenvalue weighted by molar-refractivity contribution is 6.30. The maximum atomic E-state index is 10.4. The third-order valence-electron chi connectivity index (χ3n) is 4.71. The van der Waals surface area contributed by atoms with Crippen molar-refractivity contribution in [2.24, 2.45) is 5.92 Å². The Morgan fingerprint density at radius 3 is 2.96 bits per heavy atom. The molecule has 1 aliphatic carbocycles. The standard InChI is InChI=1S/C15H19ClN6O2/c16-11-6-18-15(19-7-11)17-5-10-3-9(4-12(10)23)14-21-20-13-8-24-2-1-22(13)14/h6-7,9-10,12,23H,1-5,8H2,(H,17,18,19)/t9-,10+,12+/m0/s1. The number of nitrogens with one attached hydrogen (secondary N) is 1. The molecule has 128 valence electrons. The largest absolute Gasteiger partial charge is 0.393 e. The summed E-state index contributed by atoms with van der Waals surface area (Å²) in [5.74, 6) is 2.71. The lowest BCUT2D eigenvalue weighted by Gasteiger charge is -2.18. The van der Waals surface area contributed by atoms with Crippen LogP contribution in [0.1, 0.15) is 30.4 Å². The van der Waals surface area contributed by atoms with Gasteiger partial charge in [0.1, 0.15) is 12.4 Å². The molecule has 2 aromatic heterocycles. The van der Waals surface area contributed by atoms with Gasteiger partial charge in [-0.25, -0.2) is 9.97 Å². The van der Waals surface area contributed by atoms with Gasteiger partial charge in [0.25, 0.3) is 0 Å². The maximum absolute atomic E-state index is 10.4. The fourth-order valence-electron chi connectivity index (χ4n) is 3.48. The van der Waals surface area contributed by atoms with E-state index in [-0.39, 0.29) is 17.9 Å². The number of hydrogen-bond donors (Lipinski definition) is 2. The molecule has 0 unspecified atom stereocenters. The summed E-state index contributed by atoms with van der Waals surface area (Å²) in [5, 5.41) is 22.6. The summed E-state index contributed by atoms with van der Waals surface area (Å²) in [5.41, 5.74) is 0. The third kappa shape index (κ3) is 3.09. The van der Waals surface area contributed by atoms with Crippen LogP contribution in [0.2, 0.25) is 5.02 Å². The number of halogens is 1. The Kier molecular flexibility index (Phi) is 4.34. The zero-order chi connectivity index (χ0) is 16.5. The predicted octanol–water partition coefficient (Wildman–Crippen LogP) is 1.22. The Bertz CT molecular complexity index is 706. The van der Waals surface area contributed by atoms with Crippen molar-refractivity contribution in [2.75, 3.05) is 18.5 Å². The van der Waals surface area contributed by atoms with Crippen LogP contribution in [0.15, 0.2) is 12.4 Å². The maximum Gasteiger partial charge on any atom is 0.222 e. The highest BCUT2D eigenvalue weighted by atomic mass is 35.5. The van der Waals surface area contributed by atoms with Gasteiger partial charge in [0, 0.05) is 24.9 Å². The van der Waals surface area contributed by atoms with E-state index >= 15 is 0 Å². The minimum atomic E-state index is -0.373. The summed E-state index contributed by atoms with van der Waals surface area (Å²) < 4.78 is 7.54. The summed E-state index contributed by atoms with van der Waals surface area (Å²) in [6, 6.07) is 0. The van der Waals surface area contributed by atoms with Crippen molar-refractivity contribution in [3.63, 3.8) is 0 Å². The number of anilines is 1. The minimum Gasteiger partial charge on any atom is -0.393 e. The molecule has 3 atom stereocenters. The van der Waals surface area contributed by atoms with E-state index in [0.717, 1.165) is 24.6 Å². The van der Waals surface area contributed by atoms with E-state index in [9.17, 15) is 5.11 Å². The number of aliphatic hydroxyl groups excluding tert-OH is 1. The van der Waals surface area contributed by atoms with Crippen molar-refractivity contribution in [3.8, 4) is 0 Å². The number of nitrogens with zero attached hydrogens (tertiary/aromatic N) is 5. The first-order chi connectivity index (χ1) is 11.7. The molecule has 3 heterocycles. The molecule has 0 aromatic carbocycles.